The monoisotopic (exact) mass is 210 g/mol. The van der Waals surface area contributed by atoms with Crippen LogP contribution in [0.1, 0.15) is 16.7 Å². The lowest BCUT2D eigenvalue weighted by Crippen LogP contribution is -2.07. The van der Waals surface area contributed by atoms with Gasteiger partial charge < -0.3 is 5.84 Å². The highest BCUT2D eigenvalue weighted by Crippen LogP contribution is 2.14. The molecule has 0 fully saturated rings. The fourth-order valence-corrected chi connectivity index (χ4v) is 1.73. The van der Waals surface area contributed by atoms with Gasteiger partial charge >= 0.3 is 0 Å². The standard InChI is InChI=1S/C14H14N2/c1-11-7-5-6-10-13(11)14(16-15)12-8-3-2-4-9-12/h2-10H,15H2,1H3. The molecule has 0 unspecified atom stereocenters. The van der Waals surface area contributed by atoms with Crippen LogP contribution >= 0.6 is 0 Å². The van der Waals surface area contributed by atoms with Crippen molar-refractivity contribution < 1.29 is 0 Å². The third-order valence-corrected chi connectivity index (χ3v) is 2.58. The number of aryl methyl sites for hydroxylation is 1. The molecule has 0 saturated heterocycles. The molecular formula is C14H14N2. The molecular weight excluding hydrogens is 196 g/mol. The van der Waals surface area contributed by atoms with Gasteiger partial charge in [0.05, 0.1) is 5.71 Å². The lowest BCUT2D eigenvalue weighted by molar-refractivity contribution is 1.24. The van der Waals surface area contributed by atoms with E-state index in [1.54, 1.807) is 0 Å². The molecule has 80 valence electrons. The van der Waals surface area contributed by atoms with Crippen LogP contribution in [-0.4, -0.2) is 5.71 Å². The van der Waals surface area contributed by atoms with E-state index in [9.17, 15) is 0 Å². The summed E-state index contributed by atoms with van der Waals surface area (Å²) in [6.07, 6.45) is 0. The summed E-state index contributed by atoms with van der Waals surface area (Å²) in [4.78, 5) is 0. The molecule has 2 heteroatoms. The number of rotatable bonds is 2. The van der Waals surface area contributed by atoms with Crippen LogP contribution in [0, 0.1) is 6.92 Å². The maximum Gasteiger partial charge on any atom is 0.0973 e. The Morgan fingerprint density at radius 1 is 0.938 bits per heavy atom. The quantitative estimate of drug-likeness (QED) is 0.462. The topological polar surface area (TPSA) is 38.4 Å². The molecule has 2 aromatic rings. The van der Waals surface area contributed by atoms with Gasteiger partial charge in [0.2, 0.25) is 0 Å². The first-order chi connectivity index (χ1) is 7.83. The highest BCUT2D eigenvalue weighted by molar-refractivity contribution is 6.13. The average Bonchev–Trinajstić information content (AvgIpc) is 2.34. The number of hydrogen-bond acceptors (Lipinski definition) is 2. The van der Waals surface area contributed by atoms with Gasteiger partial charge in [0.1, 0.15) is 0 Å². The zero-order valence-electron chi connectivity index (χ0n) is 9.22. The Morgan fingerprint density at radius 3 is 2.19 bits per heavy atom. The minimum Gasteiger partial charge on any atom is -0.323 e. The number of nitrogens with two attached hydrogens (primary N) is 1. The first-order valence-corrected chi connectivity index (χ1v) is 5.22. The number of nitrogens with zero attached hydrogens (tertiary/aromatic N) is 1. The van der Waals surface area contributed by atoms with Gasteiger partial charge in [-0.1, -0.05) is 54.6 Å². The molecule has 0 aliphatic carbocycles. The molecule has 16 heavy (non-hydrogen) atoms. The van der Waals surface area contributed by atoms with Crippen molar-refractivity contribution in [2.75, 3.05) is 0 Å². The van der Waals surface area contributed by atoms with Crippen molar-refractivity contribution >= 4 is 5.71 Å². The molecule has 0 heterocycles. The Balaban J connectivity index is 2.51. The van der Waals surface area contributed by atoms with E-state index in [0.29, 0.717) is 0 Å². The zero-order chi connectivity index (χ0) is 11.4. The van der Waals surface area contributed by atoms with Gasteiger partial charge in [-0.2, -0.15) is 5.10 Å². The predicted molar refractivity (Wildman–Crippen MR) is 67.4 cm³/mol. The minimum atomic E-state index is 0.832. The van der Waals surface area contributed by atoms with Crippen LogP contribution in [-0.2, 0) is 0 Å². The fraction of sp³-hybridized carbons (Fsp3) is 0.0714. The number of benzene rings is 2. The lowest BCUT2D eigenvalue weighted by Gasteiger charge is -2.08. The van der Waals surface area contributed by atoms with E-state index < -0.39 is 0 Å². The van der Waals surface area contributed by atoms with E-state index in [1.807, 2.05) is 48.5 Å². The summed E-state index contributed by atoms with van der Waals surface area (Å²) in [6.45, 7) is 2.06. The van der Waals surface area contributed by atoms with E-state index in [0.717, 1.165) is 16.8 Å². The van der Waals surface area contributed by atoms with Crippen LogP contribution in [0.4, 0.5) is 0 Å². The number of hydrazone groups is 1. The largest absolute Gasteiger partial charge is 0.323 e. The number of hydrogen-bond donors (Lipinski definition) is 1. The van der Waals surface area contributed by atoms with Crippen molar-refractivity contribution in [1.29, 1.82) is 0 Å². The van der Waals surface area contributed by atoms with Crippen LogP contribution in [0.5, 0.6) is 0 Å². The van der Waals surface area contributed by atoms with Gasteiger partial charge in [-0.05, 0) is 12.5 Å². The van der Waals surface area contributed by atoms with Gasteiger partial charge in [-0.15, -0.1) is 0 Å². The normalized spacial score (nSPS) is 11.4. The Hall–Kier alpha value is -2.09. The average molecular weight is 210 g/mol. The van der Waals surface area contributed by atoms with Gasteiger partial charge in [0.15, 0.2) is 0 Å². The third kappa shape index (κ3) is 1.96. The lowest BCUT2D eigenvalue weighted by atomic mass is 9.98. The Labute approximate surface area is 95.4 Å². The smallest absolute Gasteiger partial charge is 0.0973 e. The SMILES string of the molecule is Cc1ccccc1C(=NN)c1ccccc1. The van der Waals surface area contributed by atoms with Crippen LogP contribution < -0.4 is 5.84 Å². The molecule has 2 nitrogen and oxygen atoms in total. The van der Waals surface area contributed by atoms with Crippen molar-refractivity contribution in [2.45, 2.75) is 6.92 Å². The Morgan fingerprint density at radius 2 is 1.56 bits per heavy atom. The molecule has 0 radical (unpaired) electrons. The predicted octanol–water partition coefficient (Wildman–Crippen LogP) is 2.71. The second-order valence-electron chi connectivity index (χ2n) is 3.66. The molecule has 0 aromatic heterocycles. The third-order valence-electron chi connectivity index (χ3n) is 2.58. The van der Waals surface area contributed by atoms with Crippen molar-refractivity contribution in [3.05, 3.63) is 71.3 Å². The highest BCUT2D eigenvalue weighted by Gasteiger charge is 2.07. The van der Waals surface area contributed by atoms with E-state index in [1.165, 1.54) is 5.56 Å². The van der Waals surface area contributed by atoms with Crippen LogP contribution in [0.2, 0.25) is 0 Å². The summed E-state index contributed by atoms with van der Waals surface area (Å²) >= 11 is 0. The summed E-state index contributed by atoms with van der Waals surface area (Å²) in [7, 11) is 0. The van der Waals surface area contributed by atoms with Crippen LogP contribution in [0.3, 0.4) is 0 Å². The molecule has 0 atom stereocenters. The molecule has 2 rings (SSSR count). The molecule has 0 spiro atoms. The van der Waals surface area contributed by atoms with Gasteiger partial charge in [-0.25, -0.2) is 0 Å². The van der Waals surface area contributed by atoms with Crippen LogP contribution in [0.15, 0.2) is 59.7 Å². The molecule has 0 saturated carbocycles. The minimum absolute atomic E-state index is 0.832. The maximum atomic E-state index is 5.49. The van der Waals surface area contributed by atoms with E-state index in [2.05, 4.69) is 18.1 Å². The van der Waals surface area contributed by atoms with Crippen molar-refractivity contribution in [1.82, 2.24) is 0 Å². The van der Waals surface area contributed by atoms with Gasteiger partial charge in [0.25, 0.3) is 0 Å². The van der Waals surface area contributed by atoms with E-state index >= 15 is 0 Å². The summed E-state index contributed by atoms with van der Waals surface area (Å²) < 4.78 is 0. The maximum absolute atomic E-state index is 5.49. The Bertz CT molecular complexity index is 501. The van der Waals surface area contributed by atoms with E-state index in [4.69, 9.17) is 5.84 Å². The zero-order valence-corrected chi connectivity index (χ0v) is 9.22. The molecule has 0 aliphatic rings. The molecule has 0 bridgehead atoms. The summed E-state index contributed by atoms with van der Waals surface area (Å²) in [5, 5.41) is 3.91. The molecule has 0 amide bonds. The summed E-state index contributed by atoms with van der Waals surface area (Å²) in [5.74, 6) is 5.49. The summed E-state index contributed by atoms with van der Waals surface area (Å²) in [5.41, 5.74) is 4.13. The highest BCUT2D eigenvalue weighted by atomic mass is 15.1. The van der Waals surface area contributed by atoms with Crippen molar-refractivity contribution in [3.63, 3.8) is 0 Å². The molecule has 0 aliphatic heterocycles. The fourth-order valence-electron chi connectivity index (χ4n) is 1.73. The van der Waals surface area contributed by atoms with Crippen LogP contribution in [0.25, 0.3) is 0 Å². The second-order valence-corrected chi connectivity index (χ2v) is 3.66. The molecule has 2 N–H and O–H groups in total. The van der Waals surface area contributed by atoms with E-state index in [-0.39, 0.29) is 0 Å². The first kappa shape index (κ1) is 10.4. The van der Waals surface area contributed by atoms with Gasteiger partial charge in [0, 0.05) is 11.1 Å². The second kappa shape index (κ2) is 4.62. The van der Waals surface area contributed by atoms with Crippen molar-refractivity contribution in [3.8, 4) is 0 Å². The first-order valence-electron chi connectivity index (χ1n) is 5.22. The van der Waals surface area contributed by atoms with Crippen molar-refractivity contribution in [2.24, 2.45) is 10.9 Å². The summed E-state index contributed by atoms with van der Waals surface area (Å²) in [6, 6.07) is 18.1. The Kier molecular flexibility index (Phi) is 3.01. The molecule has 2 aromatic carbocycles. The van der Waals surface area contributed by atoms with Gasteiger partial charge in [-0.3, -0.25) is 0 Å².